The van der Waals surface area contributed by atoms with Gasteiger partial charge in [0.2, 0.25) is 0 Å². The molecule has 0 aromatic heterocycles. The first-order chi connectivity index (χ1) is 8.04. The molecule has 4 heteroatoms. The zero-order valence-corrected chi connectivity index (χ0v) is 10.2. The number of esters is 1. The molecule has 0 aliphatic heterocycles. The molecule has 92 valence electrons. The van der Waals surface area contributed by atoms with Crippen LogP contribution >= 0.6 is 0 Å². The van der Waals surface area contributed by atoms with Gasteiger partial charge in [0.15, 0.2) is 12.9 Å². The number of carbonyl (C=O) groups excluding carboxylic acids is 2. The highest BCUT2D eigenvalue weighted by molar-refractivity contribution is 5.80. The molecule has 0 fully saturated rings. The lowest BCUT2D eigenvalue weighted by Gasteiger charge is -2.12. The van der Waals surface area contributed by atoms with E-state index in [9.17, 15) is 9.59 Å². The lowest BCUT2D eigenvalue weighted by atomic mass is 10.1. The molecule has 0 bridgehead atoms. The van der Waals surface area contributed by atoms with Crippen molar-refractivity contribution in [1.29, 1.82) is 0 Å². The van der Waals surface area contributed by atoms with Crippen LogP contribution in [0.5, 0.6) is 5.75 Å². The minimum Gasteiger partial charge on any atom is -0.481 e. The van der Waals surface area contributed by atoms with Crippen molar-refractivity contribution in [3.05, 3.63) is 29.3 Å². The fraction of sp³-hybridized carbons (Fsp3) is 0.385. The van der Waals surface area contributed by atoms with E-state index in [0.717, 1.165) is 5.56 Å². The fourth-order valence-electron chi connectivity index (χ4n) is 1.39. The second kappa shape index (κ2) is 6.03. The summed E-state index contributed by atoms with van der Waals surface area (Å²) in [5, 5.41) is 0. The minimum atomic E-state index is -0.444. The van der Waals surface area contributed by atoms with Crippen LogP contribution in [0.3, 0.4) is 0 Å². The van der Waals surface area contributed by atoms with E-state index in [2.05, 4.69) is 0 Å². The summed E-state index contributed by atoms with van der Waals surface area (Å²) >= 11 is 0. The van der Waals surface area contributed by atoms with Crippen LogP contribution < -0.4 is 4.74 Å². The first-order valence-electron chi connectivity index (χ1n) is 5.41. The molecule has 1 aromatic rings. The number of aryl methyl sites for hydroxylation is 1. The molecule has 0 heterocycles. The highest BCUT2D eigenvalue weighted by Crippen LogP contribution is 2.21. The van der Waals surface area contributed by atoms with Crippen molar-refractivity contribution in [1.82, 2.24) is 0 Å². The van der Waals surface area contributed by atoms with Crippen molar-refractivity contribution in [2.24, 2.45) is 0 Å². The van der Waals surface area contributed by atoms with Crippen LogP contribution in [0.15, 0.2) is 18.2 Å². The monoisotopic (exact) mass is 236 g/mol. The number of para-hydroxylation sites is 1. The van der Waals surface area contributed by atoms with Crippen molar-refractivity contribution >= 4 is 12.3 Å². The maximum Gasteiger partial charge on any atom is 0.344 e. The summed E-state index contributed by atoms with van der Waals surface area (Å²) in [7, 11) is 0. The third-order valence-corrected chi connectivity index (χ3v) is 2.07. The summed E-state index contributed by atoms with van der Waals surface area (Å²) < 4.78 is 10.2. The number of aldehydes is 1. The largest absolute Gasteiger partial charge is 0.481 e. The number of hydrogen-bond donors (Lipinski definition) is 0. The molecule has 0 spiro atoms. The van der Waals surface area contributed by atoms with E-state index >= 15 is 0 Å². The van der Waals surface area contributed by atoms with E-state index in [4.69, 9.17) is 9.47 Å². The Bertz CT molecular complexity index is 410. The molecule has 0 amide bonds. The van der Waals surface area contributed by atoms with Gasteiger partial charge in [0.1, 0.15) is 5.75 Å². The molecule has 0 aliphatic carbocycles. The van der Waals surface area contributed by atoms with Crippen LogP contribution in [0.25, 0.3) is 0 Å². The molecule has 0 radical (unpaired) electrons. The van der Waals surface area contributed by atoms with Crippen LogP contribution in [-0.2, 0) is 9.53 Å². The van der Waals surface area contributed by atoms with Crippen LogP contribution in [-0.4, -0.2) is 25.0 Å². The maximum atomic E-state index is 11.3. The predicted molar refractivity (Wildman–Crippen MR) is 63.3 cm³/mol. The summed E-state index contributed by atoms with van der Waals surface area (Å²) in [6.07, 6.45) is 0.532. The Hall–Kier alpha value is -1.84. The van der Waals surface area contributed by atoms with Gasteiger partial charge in [0, 0.05) is 0 Å². The first-order valence-corrected chi connectivity index (χ1v) is 5.41. The first kappa shape index (κ1) is 13.2. The van der Waals surface area contributed by atoms with Gasteiger partial charge in [0.25, 0.3) is 0 Å². The lowest BCUT2D eigenvalue weighted by Crippen LogP contribution is -2.19. The van der Waals surface area contributed by atoms with Gasteiger partial charge in [-0.05, 0) is 32.4 Å². The minimum absolute atomic E-state index is 0.173. The highest BCUT2D eigenvalue weighted by Gasteiger charge is 2.10. The average Bonchev–Trinajstić information content (AvgIpc) is 2.26. The van der Waals surface area contributed by atoms with Crippen LogP contribution in [0.2, 0.25) is 0 Å². The zero-order valence-electron chi connectivity index (χ0n) is 10.2. The van der Waals surface area contributed by atoms with Gasteiger partial charge in [-0.1, -0.05) is 12.1 Å². The number of benzene rings is 1. The molecule has 4 nitrogen and oxygen atoms in total. The van der Waals surface area contributed by atoms with Gasteiger partial charge in [-0.2, -0.15) is 0 Å². The van der Waals surface area contributed by atoms with Gasteiger partial charge in [-0.15, -0.1) is 0 Å². The molecule has 0 saturated heterocycles. The molecule has 17 heavy (non-hydrogen) atoms. The smallest absolute Gasteiger partial charge is 0.344 e. The van der Waals surface area contributed by atoms with Gasteiger partial charge in [-0.25, -0.2) is 4.79 Å². The van der Waals surface area contributed by atoms with Crippen LogP contribution in [0.4, 0.5) is 0 Å². The van der Waals surface area contributed by atoms with Crippen molar-refractivity contribution in [3.8, 4) is 5.75 Å². The third kappa shape index (κ3) is 3.90. The SMILES string of the molecule is Cc1cccc(C=O)c1OCC(=O)OC(C)C. The summed E-state index contributed by atoms with van der Waals surface area (Å²) in [4.78, 5) is 22.1. The molecule has 1 rings (SSSR count). The maximum absolute atomic E-state index is 11.3. The number of rotatable bonds is 5. The van der Waals surface area contributed by atoms with Crippen LogP contribution in [0, 0.1) is 6.92 Å². The Morgan fingerprint density at radius 3 is 2.71 bits per heavy atom. The highest BCUT2D eigenvalue weighted by atomic mass is 16.6. The summed E-state index contributed by atoms with van der Waals surface area (Å²) in [5.41, 5.74) is 1.24. The van der Waals surface area contributed by atoms with E-state index < -0.39 is 5.97 Å². The van der Waals surface area contributed by atoms with E-state index in [1.807, 2.05) is 13.0 Å². The molecule has 1 aromatic carbocycles. The number of carbonyl (C=O) groups is 2. The lowest BCUT2D eigenvalue weighted by molar-refractivity contribution is -0.149. The number of hydrogen-bond acceptors (Lipinski definition) is 4. The Labute approximate surface area is 101 Å². The molecule has 0 unspecified atom stereocenters. The van der Waals surface area contributed by atoms with Crippen molar-refractivity contribution < 1.29 is 19.1 Å². The Morgan fingerprint density at radius 2 is 2.12 bits per heavy atom. The van der Waals surface area contributed by atoms with Crippen molar-refractivity contribution in [3.63, 3.8) is 0 Å². The Kier molecular flexibility index (Phi) is 4.69. The van der Waals surface area contributed by atoms with E-state index in [1.165, 1.54) is 0 Å². The molecule has 0 aliphatic rings. The summed E-state index contributed by atoms with van der Waals surface area (Å²) in [6, 6.07) is 5.22. The quantitative estimate of drug-likeness (QED) is 0.580. The second-order valence-electron chi connectivity index (χ2n) is 3.94. The molecular formula is C13H16O4. The Morgan fingerprint density at radius 1 is 1.41 bits per heavy atom. The van der Waals surface area contributed by atoms with Crippen molar-refractivity contribution in [2.45, 2.75) is 26.9 Å². The summed E-state index contributed by atoms with van der Waals surface area (Å²) in [5.74, 6) is -0.0108. The van der Waals surface area contributed by atoms with Gasteiger partial charge in [-0.3, -0.25) is 4.79 Å². The molecule has 0 saturated carbocycles. The standard InChI is InChI=1S/C13H16O4/c1-9(2)17-12(15)8-16-13-10(3)5-4-6-11(13)7-14/h4-7,9H,8H2,1-3H3. The normalized spacial score (nSPS) is 10.1. The predicted octanol–water partition coefficient (Wildman–Crippen LogP) is 2.14. The van der Waals surface area contributed by atoms with E-state index in [1.54, 1.807) is 26.0 Å². The van der Waals surface area contributed by atoms with Crippen molar-refractivity contribution in [2.75, 3.05) is 6.61 Å². The van der Waals surface area contributed by atoms with Gasteiger partial charge in [0.05, 0.1) is 11.7 Å². The summed E-state index contributed by atoms with van der Waals surface area (Å²) in [6.45, 7) is 5.16. The van der Waals surface area contributed by atoms with Crippen LogP contribution in [0.1, 0.15) is 29.8 Å². The fourth-order valence-corrected chi connectivity index (χ4v) is 1.39. The number of ether oxygens (including phenoxy) is 2. The van der Waals surface area contributed by atoms with Gasteiger partial charge >= 0.3 is 5.97 Å². The zero-order chi connectivity index (χ0) is 12.8. The average molecular weight is 236 g/mol. The molecular weight excluding hydrogens is 220 g/mol. The topological polar surface area (TPSA) is 52.6 Å². The van der Waals surface area contributed by atoms with E-state index in [0.29, 0.717) is 17.6 Å². The Balaban J connectivity index is 2.69. The van der Waals surface area contributed by atoms with Gasteiger partial charge < -0.3 is 9.47 Å². The molecule has 0 atom stereocenters. The molecule has 0 N–H and O–H groups in total. The van der Waals surface area contributed by atoms with E-state index in [-0.39, 0.29) is 12.7 Å². The second-order valence-corrected chi connectivity index (χ2v) is 3.94. The third-order valence-electron chi connectivity index (χ3n) is 2.07.